The average molecular weight is 482 g/mol. The molecule has 0 spiro atoms. The summed E-state index contributed by atoms with van der Waals surface area (Å²) >= 11 is 1.44. The molecule has 0 saturated heterocycles. The van der Waals surface area contributed by atoms with E-state index in [1.54, 1.807) is 23.2 Å². The second kappa shape index (κ2) is 10.4. The Morgan fingerprint density at radius 3 is 2.46 bits per heavy atom. The van der Waals surface area contributed by atoms with Crippen molar-refractivity contribution in [2.24, 2.45) is 0 Å². The van der Waals surface area contributed by atoms with E-state index in [2.05, 4.69) is 4.98 Å². The molecule has 0 aliphatic rings. The molecule has 0 aliphatic heterocycles. The molecule has 2 heterocycles. The summed E-state index contributed by atoms with van der Waals surface area (Å²) in [5.74, 6) is 1.61. The monoisotopic (exact) mass is 481 g/mol. The maximum Gasteiger partial charge on any atom is 0.264 e. The molecule has 0 aliphatic carbocycles. The minimum atomic E-state index is -0.223. The summed E-state index contributed by atoms with van der Waals surface area (Å²) < 4.78 is 12.8. The predicted octanol–water partition coefficient (Wildman–Crippen LogP) is 6.73. The lowest BCUT2D eigenvalue weighted by Crippen LogP contribution is -2.31. The number of carbonyl (C=O) groups is 1. The number of nitrogens with zero attached hydrogens (tertiary/aromatic N) is 3. The molecule has 1 amide bonds. The van der Waals surface area contributed by atoms with Crippen molar-refractivity contribution in [1.29, 1.82) is 0 Å². The molecule has 2 aromatic heterocycles. The van der Waals surface area contributed by atoms with E-state index in [1.807, 2.05) is 85.8 Å². The van der Waals surface area contributed by atoms with Crippen molar-refractivity contribution in [2.45, 2.75) is 13.5 Å². The summed E-state index contributed by atoms with van der Waals surface area (Å²) in [6.45, 7) is 2.74. The fourth-order valence-electron chi connectivity index (χ4n) is 3.67. The third kappa shape index (κ3) is 5.00. The molecule has 5 rings (SSSR count). The molecule has 7 heteroatoms. The zero-order chi connectivity index (χ0) is 24.0. The number of fused-ring (bicyclic) bond motifs is 1. The highest BCUT2D eigenvalue weighted by atomic mass is 32.1. The minimum absolute atomic E-state index is 0.223. The van der Waals surface area contributed by atoms with E-state index in [0.717, 1.165) is 15.9 Å². The van der Waals surface area contributed by atoms with E-state index in [4.69, 9.17) is 14.5 Å². The van der Waals surface area contributed by atoms with Crippen molar-refractivity contribution < 1.29 is 14.3 Å². The number of benzene rings is 3. The van der Waals surface area contributed by atoms with Crippen molar-refractivity contribution in [2.75, 3.05) is 11.5 Å². The van der Waals surface area contributed by atoms with Crippen LogP contribution >= 0.6 is 11.3 Å². The number of hydrogen-bond donors (Lipinski definition) is 0. The summed E-state index contributed by atoms with van der Waals surface area (Å²) in [6, 6.07) is 28.1. The number of carbonyl (C=O) groups excluding carboxylic acids is 1. The first-order valence-corrected chi connectivity index (χ1v) is 12.1. The van der Waals surface area contributed by atoms with Gasteiger partial charge in [0.15, 0.2) is 5.13 Å². The van der Waals surface area contributed by atoms with Gasteiger partial charge in [-0.3, -0.25) is 14.7 Å². The average Bonchev–Trinajstić information content (AvgIpc) is 3.34. The number of ether oxygens (including phenoxy) is 2. The Labute approximate surface area is 207 Å². The standard InChI is InChI=1S/C28H23N3O3S/c1-2-33-24-16-10-17-25-26(24)30-28(35-25)31(19-20-11-8-9-18-29-20)27(32)22-14-6-7-15-23(22)34-21-12-4-3-5-13-21/h3-18H,2,19H2,1H3. The highest BCUT2D eigenvalue weighted by Gasteiger charge is 2.25. The van der Waals surface area contributed by atoms with Crippen LogP contribution in [0.1, 0.15) is 23.0 Å². The Hall–Kier alpha value is -4.23. The van der Waals surface area contributed by atoms with Crippen LogP contribution in [0.4, 0.5) is 5.13 Å². The number of amides is 1. The van der Waals surface area contributed by atoms with Crippen molar-refractivity contribution in [1.82, 2.24) is 9.97 Å². The summed E-state index contributed by atoms with van der Waals surface area (Å²) in [5.41, 5.74) is 1.94. The third-order valence-electron chi connectivity index (χ3n) is 5.28. The first-order chi connectivity index (χ1) is 17.2. The van der Waals surface area contributed by atoms with Crippen molar-refractivity contribution in [3.8, 4) is 17.2 Å². The van der Waals surface area contributed by atoms with Gasteiger partial charge in [0.1, 0.15) is 22.8 Å². The molecule has 6 nitrogen and oxygen atoms in total. The van der Waals surface area contributed by atoms with E-state index in [9.17, 15) is 4.79 Å². The van der Waals surface area contributed by atoms with Gasteiger partial charge in [0.25, 0.3) is 5.91 Å². The fourth-order valence-corrected chi connectivity index (χ4v) is 4.65. The van der Waals surface area contributed by atoms with Crippen LogP contribution in [-0.4, -0.2) is 22.5 Å². The maximum absolute atomic E-state index is 14.0. The molecule has 0 unspecified atom stereocenters. The number of para-hydroxylation sites is 3. The summed E-state index contributed by atoms with van der Waals surface area (Å²) in [7, 11) is 0. The van der Waals surface area contributed by atoms with Gasteiger partial charge in [-0.15, -0.1) is 0 Å². The molecule has 0 N–H and O–H groups in total. The molecule has 3 aromatic carbocycles. The Morgan fingerprint density at radius 1 is 0.886 bits per heavy atom. The van der Waals surface area contributed by atoms with Crippen LogP contribution in [-0.2, 0) is 6.54 Å². The summed E-state index contributed by atoms with van der Waals surface area (Å²) in [6.07, 6.45) is 1.72. The van der Waals surface area contributed by atoms with Gasteiger partial charge in [0.05, 0.1) is 29.1 Å². The van der Waals surface area contributed by atoms with Crippen LogP contribution in [0, 0.1) is 0 Å². The highest BCUT2D eigenvalue weighted by molar-refractivity contribution is 7.22. The quantitative estimate of drug-likeness (QED) is 0.246. The van der Waals surface area contributed by atoms with Gasteiger partial charge in [-0.05, 0) is 55.5 Å². The second-order valence-electron chi connectivity index (χ2n) is 7.66. The van der Waals surface area contributed by atoms with Gasteiger partial charge < -0.3 is 9.47 Å². The molecule has 5 aromatic rings. The van der Waals surface area contributed by atoms with Crippen molar-refractivity contribution in [3.63, 3.8) is 0 Å². The molecule has 0 saturated carbocycles. The lowest BCUT2D eigenvalue weighted by molar-refractivity contribution is 0.0982. The normalized spacial score (nSPS) is 10.8. The molecular weight excluding hydrogens is 458 g/mol. The molecular formula is C28H23N3O3S. The van der Waals surface area contributed by atoms with E-state index >= 15 is 0 Å². The molecule has 0 radical (unpaired) electrons. The topological polar surface area (TPSA) is 64.5 Å². The molecule has 0 fully saturated rings. The lowest BCUT2D eigenvalue weighted by atomic mass is 10.1. The third-order valence-corrected chi connectivity index (χ3v) is 6.32. The minimum Gasteiger partial charge on any atom is -0.492 e. The van der Waals surface area contributed by atoms with Gasteiger partial charge in [-0.1, -0.05) is 53.8 Å². The van der Waals surface area contributed by atoms with Gasteiger partial charge in [-0.2, -0.15) is 0 Å². The molecule has 174 valence electrons. The summed E-state index contributed by atoms with van der Waals surface area (Å²) in [5, 5.41) is 0.567. The number of thiazole rings is 1. The zero-order valence-corrected chi connectivity index (χ0v) is 19.9. The predicted molar refractivity (Wildman–Crippen MR) is 138 cm³/mol. The SMILES string of the molecule is CCOc1cccc2sc(N(Cc3ccccn3)C(=O)c3ccccc3Oc3ccccc3)nc12. The van der Waals surface area contributed by atoms with Crippen LogP contribution in [0.3, 0.4) is 0 Å². The highest BCUT2D eigenvalue weighted by Crippen LogP contribution is 2.36. The second-order valence-corrected chi connectivity index (χ2v) is 8.67. The van der Waals surface area contributed by atoms with Gasteiger partial charge >= 0.3 is 0 Å². The molecule has 35 heavy (non-hydrogen) atoms. The van der Waals surface area contributed by atoms with Crippen LogP contribution in [0.15, 0.2) is 97.2 Å². The van der Waals surface area contributed by atoms with Crippen LogP contribution in [0.25, 0.3) is 10.2 Å². The Kier molecular flexibility index (Phi) is 6.68. The Balaban J connectivity index is 1.56. The van der Waals surface area contributed by atoms with Gasteiger partial charge in [-0.25, -0.2) is 4.98 Å². The number of pyridine rings is 1. The van der Waals surface area contributed by atoms with Crippen LogP contribution < -0.4 is 14.4 Å². The Morgan fingerprint density at radius 2 is 1.66 bits per heavy atom. The number of rotatable bonds is 8. The first kappa shape index (κ1) is 22.6. The maximum atomic E-state index is 14.0. The van der Waals surface area contributed by atoms with E-state index in [0.29, 0.717) is 34.6 Å². The van der Waals surface area contributed by atoms with Gasteiger partial charge in [0.2, 0.25) is 0 Å². The number of hydrogen-bond acceptors (Lipinski definition) is 6. The van der Waals surface area contributed by atoms with Crippen LogP contribution in [0.2, 0.25) is 0 Å². The summed E-state index contributed by atoms with van der Waals surface area (Å²) in [4.78, 5) is 24.9. The zero-order valence-electron chi connectivity index (χ0n) is 19.1. The van der Waals surface area contributed by atoms with Crippen molar-refractivity contribution >= 4 is 32.6 Å². The largest absolute Gasteiger partial charge is 0.492 e. The molecule has 0 bridgehead atoms. The molecule has 0 atom stereocenters. The fraction of sp³-hybridized carbons (Fsp3) is 0.107. The Bertz CT molecular complexity index is 1440. The van der Waals surface area contributed by atoms with Gasteiger partial charge in [0, 0.05) is 6.20 Å². The van der Waals surface area contributed by atoms with Crippen LogP contribution in [0.5, 0.6) is 17.2 Å². The smallest absolute Gasteiger partial charge is 0.264 e. The van der Waals surface area contributed by atoms with E-state index < -0.39 is 0 Å². The van der Waals surface area contributed by atoms with Crippen molar-refractivity contribution in [3.05, 3.63) is 108 Å². The van der Waals surface area contributed by atoms with E-state index in [1.165, 1.54) is 11.3 Å². The van der Waals surface area contributed by atoms with E-state index in [-0.39, 0.29) is 12.5 Å². The first-order valence-electron chi connectivity index (χ1n) is 11.3. The lowest BCUT2D eigenvalue weighted by Gasteiger charge is -2.21. The number of aromatic nitrogens is 2. The number of anilines is 1.